The molecule has 0 fully saturated rings. The number of aliphatic hydroxyl groups excluding tert-OH is 1. The van der Waals surface area contributed by atoms with Crippen molar-refractivity contribution in [2.75, 3.05) is 13.2 Å². The van der Waals surface area contributed by atoms with E-state index in [-0.39, 0.29) is 36.2 Å². The Bertz CT molecular complexity index is 53.8. The molecule has 0 unspecified atom stereocenters. The summed E-state index contributed by atoms with van der Waals surface area (Å²) in [5.41, 5.74) is 4.78. The molecule has 5 heteroatoms. The molecule has 0 atom stereocenters. The summed E-state index contributed by atoms with van der Waals surface area (Å²) in [5, 5.41) is 16.6. The zero-order valence-electron chi connectivity index (χ0n) is 5.76. The minimum Gasteiger partial charge on any atom is -0.550 e. The van der Waals surface area contributed by atoms with Gasteiger partial charge in [-0.05, 0) is 6.92 Å². The second kappa shape index (κ2) is 15.8. The fourth-order valence-corrected chi connectivity index (χ4v) is 0. The Labute approximate surface area is 76.3 Å². The molecule has 0 heterocycles. The number of aliphatic hydroxyl groups is 1. The van der Waals surface area contributed by atoms with Crippen molar-refractivity contribution in [3.63, 3.8) is 0 Å². The molecule has 0 bridgehead atoms. The molecular formula is C4H10NNaO3. The number of hydrogen-bond acceptors (Lipinski definition) is 4. The van der Waals surface area contributed by atoms with Gasteiger partial charge in [0.25, 0.3) is 0 Å². The van der Waals surface area contributed by atoms with Crippen molar-refractivity contribution >= 4 is 5.97 Å². The van der Waals surface area contributed by atoms with E-state index in [1.807, 2.05) is 0 Å². The average molecular weight is 143 g/mol. The van der Waals surface area contributed by atoms with Crippen LogP contribution < -0.4 is 40.4 Å². The first-order valence-corrected chi connectivity index (χ1v) is 2.13. The van der Waals surface area contributed by atoms with Gasteiger partial charge in [0.15, 0.2) is 0 Å². The van der Waals surface area contributed by atoms with Gasteiger partial charge in [-0.2, -0.15) is 0 Å². The van der Waals surface area contributed by atoms with Gasteiger partial charge in [0, 0.05) is 12.5 Å². The number of carbonyl (C=O) groups is 1. The summed E-state index contributed by atoms with van der Waals surface area (Å²) in [6, 6.07) is 0. The van der Waals surface area contributed by atoms with Crippen molar-refractivity contribution in [2.24, 2.45) is 5.73 Å². The Kier molecular flexibility index (Phi) is 28.4. The van der Waals surface area contributed by atoms with Gasteiger partial charge in [0.1, 0.15) is 0 Å². The maximum Gasteiger partial charge on any atom is 1.00 e. The van der Waals surface area contributed by atoms with Crippen LogP contribution in [0.15, 0.2) is 0 Å². The standard InChI is InChI=1S/C2H7NO.C2H4O2.Na/c3-1-2-4;1-2(3)4;/h4H,1-3H2;1H3,(H,3,4);/q;;+1/p-1. The van der Waals surface area contributed by atoms with Crippen LogP contribution in [0.4, 0.5) is 0 Å². The van der Waals surface area contributed by atoms with Gasteiger partial charge in [-0.3, -0.25) is 0 Å². The van der Waals surface area contributed by atoms with E-state index >= 15 is 0 Å². The third-order valence-corrected chi connectivity index (χ3v) is 0.129. The number of nitrogens with two attached hydrogens (primary N) is 1. The Hall–Kier alpha value is 0.390. The largest absolute Gasteiger partial charge is 1.00 e. The number of carboxylic acid groups (broad SMARTS) is 1. The van der Waals surface area contributed by atoms with Crippen molar-refractivity contribution in [1.29, 1.82) is 0 Å². The molecule has 0 saturated heterocycles. The topological polar surface area (TPSA) is 86.4 Å². The molecule has 0 saturated carbocycles. The molecule has 0 amide bonds. The quantitative estimate of drug-likeness (QED) is 0.359. The van der Waals surface area contributed by atoms with E-state index in [1.165, 1.54) is 0 Å². The Morgan fingerprint density at radius 1 is 1.78 bits per heavy atom. The van der Waals surface area contributed by atoms with Gasteiger partial charge in [-0.1, -0.05) is 0 Å². The van der Waals surface area contributed by atoms with Gasteiger partial charge < -0.3 is 20.7 Å². The third kappa shape index (κ3) is 177. The smallest absolute Gasteiger partial charge is 0.550 e. The monoisotopic (exact) mass is 143 g/mol. The minimum atomic E-state index is -1.08. The van der Waals surface area contributed by atoms with Crippen LogP contribution in [0.3, 0.4) is 0 Å². The van der Waals surface area contributed by atoms with Gasteiger partial charge in [0.2, 0.25) is 0 Å². The Morgan fingerprint density at radius 3 is 1.89 bits per heavy atom. The molecule has 9 heavy (non-hydrogen) atoms. The number of aliphatic carboxylic acids is 1. The van der Waals surface area contributed by atoms with Crippen molar-refractivity contribution in [3.8, 4) is 0 Å². The van der Waals surface area contributed by atoms with Gasteiger partial charge in [0.05, 0.1) is 6.61 Å². The maximum absolute atomic E-state index is 8.89. The van der Waals surface area contributed by atoms with E-state index < -0.39 is 5.97 Å². The van der Waals surface area contributed by atoms with E-state index in [2.05, 4.69) is 0 Å². The van der Waals surface area contributed by atoms with Crippen molar-refractivity contribution in [3.05, 3.63) is 0 Å². The molecule has 0 aromatic carbocycles. The Balaban J connectivity index is -0.0000000720. The summed E-state index contributed by atoms with van der Waals surface area (Å²) in [6.45, 7) is 1.44. The van der Waals surface area contributed by atoms with Gasteiger partial charge in [-0.15, -0.1) is 0 Å². The van der Waals surface area contributed by atoms with Crippen LogP contribution in [0.5, 0.6) is 0 Å². The van der Waals surface area contributed by atoms with E-state index in [9.17, 15) is 0 Å². The molecule has 0 aliphatic heterocycles. The SMILES string of the molecule is CC(=O)[O-].NCCO.[Na+]. The molecular weight excluding hydrogens is 133 g/mol. The molecule has 0 rings (SSSR count). The molecule has 0 radical (unpaired) electrons. The van der Waals surface area contributed by atoms with Crippen LogP contribution in [0, 0.1) is 0 Å². The van der Waals surface area contributed by atoms with E-state index in [0.29, 0.717) is 6.54 Å². The predicted octanol–water partition coefficient (Wildman–Crippen LogP) is -5.30. The first kappa shape index (κ1) is 16.2. The van der Waals surface area contributed by atoms with Crippen LogP contribution in [0.2, 0.25) is 0 Å². The van der Waals surface area contributed by atoms with Gasteiger partial charge in [-0.25, -0.2) is 0 Å². The number of carboxylic acids is 1. The molecule has 0 aromatic heterocycles. The second-order valence-electron chi connectivity index (χ2n) is 1.00. The average Bonchev–Trinajstić information content (AvgIpc) is 1.65. The molecule has 3 N–H and O–H groups in total. The number of hydrogen-bond donors (Lipinski definition) is 2. The fraction of sp³-hybridized carbons (Fsp3) is 0.750. The number of rotatable bonds is 1. The Morgan fingerprint density at radius 2 is 1.89 bits per heavy atom. The second-order valence-corrected chi connectivity index (χ2v) is 1.00. The van der Waals surface area contributed by atoms with Crippen LogP contribution in [0.25, 0.3) is 0 Å². The van der Waals surface area contributed by atoms with Crippen molar-refractivity contribution < 1.29 is 44.6 Å². The van der Waals surface area contributed by atoms with Crippen LogP contribution in [-0.4, -0.2) is 24.2 Å². The molecule has 0 aliphatic rings. The van der Waals surface area contributed by atoms with Crippen molar-refractivity contribution in [1.82, 2.24) is 0 Å². The first-order valence-electron chi connectivity index (χ1n) is 2.13. The summed E-state index contributed by atoms with van der Waals surface area (Å²) in [4.78, 5) is 8.89. The predicted molar refractivity (Wildman–Crippen MR) is 26.8 cm³/mol. The zero-order chi connectivity index (χ0) is 6.99. The molecule has 50 valence electrons. The summed E-state index contributed by atoms with van der Waals surface area (Å²) >= 11 is 0. The molecule has 0 spiro atoms. The normalized spacial score (nSPS) is 6.11. The van der Waals surface area contributed by atoms with E-state index in [1.54, 1.807) is 0 Å². The fourth-order valence-electron chi connectivity index (χ4n) is 0. The molecule has 0 aromatic rings. The van der Waals surface area contributed by atoms with E-state index in [4.69, 9.17) is 20.7 Å². The summed E-state index contributed by atoms with van der Waals surface area (Å²) in [5.74, 6) is -1.08. The zero-order valence-corrected chi connectivity index (χ0v) is 7.76. The summed E-state index contributed by atoms with van der Waals surface area (Å²) in [6.07, 6.45) is 0. The van der Waals surface area contributed by atoms with Crippen LogP contribution in [-0.2, 0) is 4.79 Å². The van der Waals surface area contributed by atoms with Crippen LogP contribution >= 0.6 is 0 Å². The molecule has 4 nitrogen and oxygen atoms in total. The maximum atomic E-state index is 8.89. The molecule has 0 aliphatic carbocycles. The van der Waals surface area contributed by atoms with E-state index in [0.717, 1.165) is 6.92 Å². The van der Waals surface area contributed by atoms with Gasteiger partial charge >= 0.3 is 29.6 Å². The summed E-state index contributed by atoms with van der Waals surface area (Å²) in [7, 11) is 0. The first-order chi connectivity index (χ1) is 3.65. The summed E-state index contributed by atoms with van der Waals surface area (Å²) < 4.78 is 0. The number of carbonyl (C=O) groups excluding carboxylic acids is 1. The minimum absolute atomic E-state index is 0. The van der Waals surface area contributed by atoms with Crippen molar-refractivity contribution in [2.45, 2.75) is 6.92 Å². The van der Waals surface area contributed by atoms with Crippen LogP contribution in [0.1, 0.15) is 6.92 Å². The third-order valence-electron chi connectivity index (χ3n) is 0.129.